The van der Waals surface area contributed by atoms with Gasteiger partial charge in [0, 0.05) is 12.7 Å². The first-order chi connectivity index (χ1) is 13.0. The van der Waals surface area contributed by atoms with E-state index in [0.717, 1.165) is 5.69 Å². The summed E-state index contributed by atoms with van der Waals surface area (Å²) in [6.45, 7) is -0.339. The van der Waals surface area contributed by atoms with Gasteiger partial charge in [-0.3, -0.25) is 9.59 Å². The number of esters is 1. The number of para-hydroxylation sites is 1. The summed E-state index contributed by atoms with van der Waals surface area (Å²) in [7, 11) is 6.13. The molecular weight excluding hydrogens is 350 g/mol. The zero-order chi connectivity index (χ0) is 19.8. The molecule has 0 spiro atoms. The number of anilines is 1. The van der Waals surface area contributed by atoms with Crippen molar-refractivity contribution in [3.63, 3.8) is 0 Å². The van der Waals surface area contributed by atoms with E-state index in [9.17, 15) is 9.59 Å². The van der Waals surface area contributed by atoms with E-state index < -0.39 is 5.97 Å². The molecule has 0 atom stereocenters. The van der Waals surface area contributed by atoms with Crippen LogP contribution in [0.5, 0.6) is 17.2 Å². The summed E-state index contributed by atoms with van der Waals surface area (Å²) in [5.74, 6) is 0.481. The second-order valence-corrected chi connectivity index (χ2v) is 5.66. The lowest BCUT2D eigenvalue weighted by Gasteiger charge is -2.17. The fraction of sp³-hybridized carbons (Fsp3) is 0.300. The van der Waals surface area contributed by atoms with Gasteiger partial charge in [-0.1, -0.05) is 18.2 Å². The number of amides is 1. The zero-order valence-corrected chi connectivity index (χ0v) is 15.9. The van der Waals surface area contributed by atoms with E-state index in [1.54, 1.807) is 31.3 Å². The van der Waals surface area contributed by atoms with Gasteiger partial charge in [0.25, 0.3) is 5.91 Å². The normalized spacial score (nSPS) is 10.1. The van der Waals surface area contributed by atoms with Crippen LogP contribution in [0.15, 0.2) is 42.5 Å². The molecular formula is C20H23NO6. The van der Waals surface area contributed by atoms with Crippen LogP contribution in [0.2, 0.25) is 0 Å². The third kappa shape index (κ3) is 5.13. The van der Waals surface area contributed by atoms with Gasteiger partial charge in [-0.2, -0.15) is 0 Å². The molecule has 7 heteroatoms. The molecule has 0 heterocycles. The first kappa shape index (κ1) is 20.1. The summed E-state index contributed by atoms with van der Waals surface area (Å²) in [5.41, 5.74) is 1.35. The molecule has 1 amide bonds. The molecule has 0 aromatic heterocycles. The SMILES string of the molecule is COc1cc(CC(=O)OCC(=O)N(C)c2ccccc2)cc(OC)c1OC. The van der Waals surface area contributed by atoms with Crippen LogP contribution in [0, 0.1) is 0 Å². The highest BCUT2D eigenvalue weighted by Gasteiger charge is 2.17. The Hall–Kier alpha value is -3.22. The number of likely N-dealkylation sites (N-methyl/N-ethyl adjacent to an activating group) is 1. The van der Waals surface area contributed by atoms with Crippen molar-refractivity contribution in [1.82, 2.24) is 0 Å². The Bertz CT molecular complexity index is 765. The lowest BCUT2D eigenvalue weighted by atomic mass is 10.1. The Morgan fingerprint density at radius 3 is 2.04 bits per heavy atom. The summed E-state index contributed by atoms with van der Waals surface area (Å²) in [6.07, 6.45) is -0.0287. The molecule has 0 N–H and O–H groups in total. The Kier molecular flexibility index (Phi) is 7.05. The van der Waals surface area contributed by atoms with Crippen molar-refractivity contribution >= 4 is 17.6 Å². The van der Waals surface area contributed by atoms with Gasteiger partial charge in [-0.15, -0.1) is 0 Å². The number of nitrogens with zero attached hydrogens (tertiary/aromatic N) is 1. The van der Waals surface area contributed by atoms with Gasteiger partial charge in [0.15, 0.2) is 18.1 Å². The number of benzene rings is 2. The minimum Gasteiger partial charge on any atom is -0.493 e. The fourth-order valence-electron chi connectivity index (χ4n) is 2.49. The van der Waals surface area contributed by atoms with Crippen LogP contribution in [0.25, 0.3) is 0 Å². The van der Waals surface area contributed by atoms with Gasteiger partial charge in [0.05, 0.1) is 27.8 Å². The topological polar surface area (TPSA) is 74.3 Å². The number of ether oxygens (including phenoxy) is 4. The van der Waals surface area contributed by atoms with Crippen molar-refractivity contribution in [1.29, 1.82) is 0 Å². The molecule has 7 nitrogen and oxygen atoms in total. The smallest absolute Gasteiger partial charge is 0.310 e. The lowest BCUT2D eigenvalue weighted by molar-refractivity contribution is -0.147. The molecule has 0 unspecified atom stereocenters. The fourth-order valence-corrected chi connectivity index (χ4v) is 2.49. The molecule has 0 aliphatic heterocycles. The van der Waals surface area contributed by atoms with Crippen molar-refractivity contribution in [2.24, 2.45) is 0 Å². The van der Waals surface area contributed by atoms with E-state index in [2.05, 4.69) is 0 Å². The van der Waals surface area contributed by atoms with Gasteiger partial charge >= 0.3 is 5.97 Å². The molecule has 0 fully saturated rings. The summed E-state index contributed by atoms with van der Waals surface area (Å²) < 4.78 is 20.9. The molecule has 0 aliphatic rings. The van der Waals surface area contributed by atoms with Crippen molar-refractivity contribution in [3.05, 3.63) is 48.0 Å². The van der Waals surface area contributed by atoms with E-state index in [1.807, 2.05) is 18.2 Å². The molecule has 2 aromatic rings. The predicted molar refractivity (Wildman–Crippen MR) is 101 cm³/mol. The highest BCUT2D eigenvalue weighted by molar-refractivity contribution is 5.94. The summed E-state index contributed by atoms with van der Waals surface area (Å²) in [5, 5.41) is 0. The van der Waals surface area contributed by atoms with Crippen LogP contribution in [-0.4, -0.2) is 46.9 Å². The number of hydrogen-bond acceptors (Lipinski definition) is 6. The maximum Gasteiger partial charge on any atom is 0.310 e. The van der Waals surface area contributed by atoms with Crippen LogP contribution >= 0.6 is 0 Å². The van der Waals surface area contributed by atoms with Crippen molar-refractivity contribution in [3.8, 4) is 17.2 Å². The van der Waals surface area contributed by atoms with Crippen LogP contribution in [-0.2, 0) is 20.7 Å². The van der Waals surface area contributed by atoms with Gasteiger partial charge in [-0.25, -0.2) is 0 Å². The second-order valence-electron chi connectivity index (χ2n) is 5.66. The highest BCUT2D eigenvalue weighted by Crippen LogP contribution is 2.38. The average Bonchev–Trinajstić information content (AvgIpc) is 2.71. The summed E-state index contributed by atoms with van der Waals surface area (Å²) >= 11 is 0. The third-order valence-corrected chi connectivity index (χ3v) is 3.95. The van der Waals surface area contributed by atoms with Crippen molar-refractivity contribution in [2.45, 2.75) is 6.42 Å². The largest absolute Gasteiger partial charge is 0.493 e. The van der Waals surface area contributed by atoms with Gasteiger partial charge in [0.1, 0.15) is 0 Å². The van der Waals surface area contributed by atoms with Gasteiger partial charge in [-0.05, 0) is 29.8 Å². The minimum absolute atomic E-state index is 0.0287. The second kappa shape index (κ2) is 9.47. The molecule has 27 heavy (non-hydrogen) atoms. The molecule has 0 aliphatic carbocycles. The molecule has 144 valence electrons. The number of methoxy groups -OCH3 is 3. The van der Waals surface area contributed by atoms with E-state index in [4.69, 9.17) is 18.9 Å². The number of carbonyl (C=O) groups excluding carboxylic acids is 2. The molecule has 0 saturated heterocycles. The minimum atomic E-state index is -0.529. The molecule has 0 bridgehead atoms. The first-order valence-corrected chi connectivity index (χ1v) is 8.26. The highest BCUT2D eigenvalue weighted by atomic mass is 16.5. The first-order valence-electron chi connectivity index (χ1n) is 8.26. The van der Waals surface area contributed by atoms with Gasteiger partial charge in [0.2, 0.25) is 5.75 Å². The van der Waals surface area contributed by atoms with Crippen molar-refractivity contribution in [2.75, 3.05) is 39.9 Å². The third-order valence-electron chi connectivity index (χ3n) is 3.95. The molecule has 0 saturated carbocycles. The standard InChI is InChI=1S/C20H23NO6/c1-21(15-8-6-5-7-9-15)18(22)13-27-19(23)12-14-10-16(24-2)20(26-4)17(11-14)25-3/h5-11H,12-13H2,1-4H3. The Balaban J connectivity index is 1.98. The quantitative estimate of drug-likeness (QED) is 0.662. The number of hydrogen-bond donors (Lipinski definition) is 0. The van der Waals surface area contributed by atoms with Crippen LogP contribution in [0.1, 0.15) is 5.56 Å². The summed E-state index contributed by atoms with van der Waals surface area (Å²) in [6, 6.07) is 12.5. The Morgan fingerprint density at radius 2 is 1.52 bits per heavy atom. The van der Waals surface area contributed by atoms with E-state index in [-0.39, 0.29) is 18.9 Å². The van der Waals surface area contributed by atoms with Gasteiger partial charge < -0.3 is 23.8 Å². The van der Waals surface area contributed by atoms with Crippen LogP contribution in [0.3, 0.4) is 0 Å². The molecule has 2 rings (SSSR count). The Labute approximate surface area is 158 Å². The Morgan fingerprint density at radius 1 is 0.926 bits per heavy atom. The molecule has 2 aromatic carbocycles. The van der Waals surface area contributed by atoms with E-state index >= 15 is 0 Å². The summed E-state index contributed by atoms with van der Waals surface area (Å²) in [4.78, 5) is 25.7. The average molecular weight is 373 g/mol. The maximum atomic E-state index is 12.2. The monoisotopic (exact) mass is 373 g/mol. The number of rotatable bonds is 8. The molecule has 0 radical (unpaired) electrons. The number of carbonyl (C=O) groups is 2. The predicted octanol–water partition coefficient (Wildman–Crippen LogP) is 2.46. The van der Waals surface area contributed by atoms with E-state index in [1.165, 1.54) is 26.2 Å². The van der Waals surface area contributed by atoms with Crippen LogP contribution in [0.4, 0.5) is 5.69 Å². The lowest BCUT2D eigenvalue weighted by Crippen LogP contribution is -2.31. The van der Waals surface area contributed by atoms with Crippen LogP contribution < -0.4 is 19.1 Å². The van der Waals surface area contributed by atoms with E-state index in [0.29, 0.717) is 22.8 Å². The zero-order valence-electron chi connectivity index (χ0n) is 15.9. The van der Waals surface area contributed by atoms with Crippen molar-refractivity contribution < 1.29 is 28.5 Å². The maximum absolute atomic E-state index is 12.2.